The van der Waals surface area contributed by atoms with Crippen LogP contribution in [0.3, 0.4) is 0 Å². The lowest BCUT2D eigenvalue weighted by Gasteiger charge is -2.23. The molecule has 2 aliphatic rings. The lowest BCUT2D eigenvalue weighted by atomic mass is 9.86. The minimum Gasteiger partial charge on any atom is -0.468 e. The molecule has 1 saturated carbocycles. The van der Waals surface area contributed by atoms with Gasteiger partial charge in [0.05, 0.1) is 5.69 Å². The molecule has 1 N–H and O–H groups in total. The number of ether oxygens (including phenoxy) is 1. The fourth-order valence-electron chi connectivity index (χ4n) is 4.41. The van der Waals surface area contributed by atoms with Crippen molar-refractivity contribution in [3.05, 3.63) is 51.4 Å². The van der Waals surface area contributed by atoms with E-state index < -0.39 is 24.0 Å². The van der Waals surface area contributed by atoms with Gasteiger partial charge in [-0.3, -0.25) is 14.8 Å². The Morgan fingerprint density at radius 3 is 2.41 bits per heavy atom. The lowest BCUT2D eigenvalue weighted by Crippen LogP contribution is -2.40. The largest absolute Gasteiger partial charge is 0.468 e. The summed E-state index contributed by atoms with van der Waals surface area (Å²) in [6, 6.07) is 4.60. The monoisotopic (exact) mass is 664 g/mol. The quantitative estimate of drug-likeness (QED) is 0.208. The molecule has 0 bridgehead atoms. The van der Waals surface area contributed by atoms with E-state index in [9.17, 15) is 26.7 Å². The normalized spacial score (nSPS) is 19.0. The number of hydrogen-bond acceptors (Lipinski definition) is 5. The number of amidine groups is 1. The average molecular weight is 665 g/mol. The van der Waals surface area contributed by atoms with Crippen molar-refractivity contribution in [3.63, 3.8) is 0 Å². The van der Waals surface area contributed by atoms with Crippen LogP contribution in [-0.2, 0) is 10.5 Å². The van der Waals surface area contributed by atoms with E-state index in [0.29, 0.717) is 45.9 Å². The maximum absolute atomic E-state index is 13.7. The van der Waals surface area contributed by atoms with E-state index in [2.05, 4.69) is 49.8 Å². The Morgan fingerprint density at radius 2 is 1.88 bits per heavy atom. The van der Waals surface area contributed by atoms with E-state index in [1.54, 1.807) is 19.1 Å². The van der Waals surface area contributed by atoms with Gasteiger partial charge in [-0.2, -0.15) is 22.0 Å². The number of nitrogens with zero attached hydrogens (tertiary/aromatic N) is 3. The topological polar surface area (TPSA) is 76.5 Å². The second-order valence-electron chi connectivity index (χ2n) is 10.8. The van der Waals surface area contributed by atoms with Gasteiger partial charge in [-0.15, -0.1) is 0 Å². The predicted molar refractivity (Wildman–Crippen MR) is 154 cm³/mol. The van der Waals surface area contributed by atoms with Crippen LogP contribution >= 0.6 is 25.2 Å². The van der Waals surface area contributed by atoms with E-state index in [1.165, 1.54) is 21.5 Å². The molecular weight excluding hydrogens is 630 g/mol. The molecule has 3 heterocycles. The summed E-state index contributed by atoms with van der Waals surface area (Å²) in [6.45, 7) is 6.62. The molecule has 2 aromatic rings. The van der Waals surface area contributed by atoms with Crippen molar-refractivity contribution in [2.75, 3.05) is 6.61 Å². The molecule has 2 unspecified atom stereocenters. The van der Waals surface area contributed by atoms with Crippen molar-refractivity contribution in [1.82, 2.24) is 15.3 Å². The minimum atomic E-state index is -4.33. The highest BCUT2D eigenvalue weighted by Crippen LogP contribution is 2.43. The molecule has 0 spiro atoms. The fourth-order valence-corrected chi connectivity index (χ4v) is 5.01. The first-order chi connectivity index (χ1) is 19.0. The lowest BCUT2D eigenvalue weighted by molar-refractivity contribution is -0.154. The zero-order valence-electron chi connectivity index (χ0n) is 23.4. The van der Waals surface area contributed by atoms with Crippen molar-refractivity contribution in [1.29, 1.82) is 0 Å². The third-order valence-electron chi connectivity index (χ3n) is 6.63. The summed E-state index contributed by atoms with van der Waals surface area (Å²) in [5.74, 6) is 1.07. The summed E-state index contributed by atoms with van der Waals surface area (Å²) in [5, 5.41) is 2.93. The molecule has 41 heavy (non-hydrogen) atoms. The third-order valence-corrected chi connectivity index (χ3v) is 7.36. The van der Waals surface area contributed by atoms with Gasteiger partial charge in [0.1, 0.15) is 17.1 Å². The number of aryl methyl sites for hydroxylation is 1. The van der Waals surface area contributed by atoms with Gasteiger partial charge in [-0.25, -0.2) is 4.98 Å². The van der Waals surface area contributed by atoms with Crippen LogP contribution in [0.25, 0.3) is 0 Å². The molecule has 2 atom stereocenters. The number of halogens is 6. The number of hydrogen-bond donors (Lipinski definition) is 1. The Bertz CT molecular complexity index is 1270. The zero-order valence-corrected chi connectivity index (χ0v) is 26.2. The number of carbonyl (C=O) groups excluding carboxylic acids is 1. The van der Waals surface area contributed by atoms with E-state index in [-0.39, 0.29) is 23.4 Å². The number of nitrogens with one attached hydrogen (secondary N) is 1. The molecule has 4 rings (SSSR count). The van der Waals surface area contributed by atoms with Crippen molar-refractivity contribution in [2.24, 2.45) is 10.9 Å². The van der Waals surface area contributed by atoms with Crippen LogP contribution in [-0.4, -0.2) is 40.0 Å². The van der Waals surface area contributed by atoms with Crippen LogP contribution in [0.15, 0.2) is 33.9 Å². The molecular formula is C28H35BrF5N4O2P. The molecule has 0 aromatic carbocycles. The highest BCUT2D eigenvalue weighted by Gasteiger charge is 2.44. The number of carbonyl (C=O) groups is 1. The van der Waals surface area contributed by atoms with Gasteiger partial charge in [0.25, 0.3) is 11.6 Å². The Hall–Kier alpha value is -2.20. The van der Waals surface area contributed by atoms with Crippen LogP contribution in [0.4, 0.5) is 22.0 Å². The van der Waals surface area contributed by atoms with Gasteiger partial charge in [0.2, 0.25) is 5.88 Å². The number of pyridine rings is 2. The second kappa shape index (κ2) is 13.4. The maximum Gasteiger partial charge on any atom is 0.422 e. The van der Waals surface area contributed by atoms with Crippen LogP contribution in [0, 0.1) is 12.8 Å². The predicted octanol–water partition coefficient (Wildman–Crippen LogP) is 7.83. The van der Waals surface area contributed by atoms with Crippen molar-refractivity contribution < 1.29 is 31.5 Å². The first-order valence-corrected chi connectivity index (χ1v) is 14.8. The van der Waals surface area contributed by atoms with Crippen LogP contribution < -0.4 is 10.1 Å². The van der Waals surface area contributed by atoms with E-state index in [1.807, 2.05) is 6.92 Å². The maximum atomic E-state index is 13.7. The van der Waals surface area contributed by atoms with Gasteiger partial charge in [-0.1, -0.05) is 36.4 Å². The summed E-state index contributed by atoms with van der Waals surface area (Å²) in [7, 11) is 1.54. The number of rotatable bonds is 10. The average Bonchev–Trinajstić information content (AvgIpc) is 3.66. The van der Waals surface area contributed by atoms with Crippen LogP contribution in [0.1, 0.15) is 87.7 Å². The first-order valence-electron chi connectivity index (χ1n) is 13.5. The van der Waals surface area contributed by atoms with Crippen molar-refractivity contribution in [2.45, 2.75) is 89.5 Å². The molecule has 1 fully saturated rings. The summed E-state index contributed by atoms with van der Waals surface area (Å²) >= 11 is 3.15. The number of aromatic nitrogens is 2. The molecule has 0 saturated heterocycles. The highest BCUT2D eigenvalue weighted by molar-refractivity contribution is 9.10. The second-order valence-corrected chi connectivity index (χ2v) is 12.5. The highest BCUT2D eigenvalue weighted by atomic mass is 79.9. The number of amides is 1. The molecule has 0 radical (unpaired) electrons. The molecule has 2 aromatic heterocycles. The Morgan fingerprint density at radius 1 is 1.20 bits per heavy atom. The van der Waals surface area contributed by atoms with Gasteiger partial charge >= 0.3 is 6.18 Å². The van der Waals surface area contributed by atoms with E-state index in [4.69, 9.17) is 4.99 Å². The molecule has 1 amide bonds. The van der Waals surface area contributed by atoms with Gasteiger partial charge < -0.3 is 10.1 Å². The van der Waals surface area contributed by atoms with E-state index >= 15 is 0 Å². The summed E-state index contributed by atoms with van der Waals surface area (Å²) in [5.41, 5.74) is -2.20. The van der Waals surface area contributed by atoms with Crippen molar-refractivity contribution >= 4 is 36.9 Å². The van der Waals surface area contributed by atoms with Crippen molar-refractivity contribution in [3.8, 4) is 5.88 Å². The summed E-state index contributed by atoms with van der Waals surface area (Å²) < 4.78 is 68.0. The number of aliphatic imine (C=N–C) groups is 1. The number of alkyl halides is 5. The molecule has 1 aliphatic carbocycles. The van der Waals surface area contributed by atoms with Gasteiger partial charge in [0, 0.05) is 27.7 Å². The van der Waals surface area contributed by atoms with Crippen LogP contribution in [0.5, 0.6) is 5.88 Å². The molecule has 13 heteroatoms. The zero-order chi connectivity index (χ0) is 30.6. The minimum absolute atomic E-state index is 0.00512. The molecule has 1 aliphatic heterocycles. The standard InChI is InChI=1S/C20H28F2N3OP.C8H7BrF3NO/c1-4-10-19(11-9-12(2)3)18(26)24-17(25-19)14-7-8-15(20(21,22)27)23-16(14)13-5-6-13;1-5-2-6(9)3-13-7(5)14-4-8(10,11)12/h7-8,12-13H,4-6,9-11,27H2,1-3H3,(H,24,25,26);2-3H,4H2,1H3. The SMILES string of the molecule is CCCC1(CCC(C)C)N=C(c2ccc(C(F)(F)P)nc2C2CC2)NC1=O.Cc1cc(Br)cnc1OCC(F)(F)F. The van der Waals surface area contributed by atoms with Gasteiger partial charge in [0.15, 0.2) is 6.61 Å². The molecule has 226 valence electrons. The van der Waals surface area contributed by atoms with Gasteiger partial charge in [-0.05, 0) is 79.1 Å². The smallest absolute Gasteiger partial charge is 0.422 e. The fraction of sp³-hybridized carbons (Fsp3) is 0.571. The summed E-state index contributed by atoms with van der Waals surface area (Å²) in [4.78, 5) is 25.6. The summed E-state index contributed by atoms with van der Waals surface area (Å²) in [6.07, 6.45) is 2.07. The third kappa shape index (κ3) is 9.40. The first kappa shape index (κ1) is 33.3. The van der Waals surface area contributed by atoms with Crippen LogP contribution in [0.2, 0.25) is 0 Å². The Balaban J connectivity index is 0.000000278. The molecule has 6 nitrogen and oxygen atoms in total. The Labute approximate surface area is 247 Å². The Kier molecular flexibility index (Phi) is 10.9. The van der Waals surface area contributed by atoms with E-state index in [0.717, 1.165) is 25.7 Å².